The number of hydrogen-bond donors (Lipinski definition) is 1. The summed E-state index contributed by atoms with van der Waals surface area (Å²) in [7, 11) is 1.66. The Labute approximate surface area is 112 Å². The van der Waals surface area contributed by atoms with Crippen molar-refractivity contribution in [3.8, 4) is 5.75 Å². The Hall–Kier alpha value is -1.51. The SMILES string of the molecule is COc1cc(C(N)c2ccccc2Cl)ccc1C. The highest BCUT2D eigenvalue weighted by atomic mass is 35.5. The summed E-state index contributed by atoms with van der Waals surface area (Å²) >= 11 is 6.16. The lowest BCUT2D eigenvalue weighted by Gasteiger charge is -2.16. The van der Waals surface area contributed by atoms with Crippen LogP contribution in [0.2, 0.25) is 5.02 Å². The largest absolute Gasteiger partial charge is 0.496 e. The number of hydrogen-bond acceptors (Lipinski definition) is 2. The van der Waals surface area contributed by atoms with E-state index >= 15 is 0 Å². The molecule has 94 valence electrons. The molecule has 0 aliphatic carbocycles. The van der Waals surface area contributed by atoms with Crippen LogP contribution in [0.15, 0.2) is 42.5 Å². The summed E-state index contributed by atoms with van der Waals surface area (Å²) in [4.78, 5) is 0. The maximum absolute atomic E-state index is 6.25. The third kappa shape index (κ3) is 2.50. The fraction of sp³-hybridized carbons (Fsp3) is 0.200. The van der Waals surface area contributed by atoms with E-state index in [2.05, 4.69) is 0 Å². The molecule has 0 aromatic heterocycles. The van der Waals surface area contributed by atoms with Crippen molar-refractivity contribution in [2.45, 2.75) is 13.0 Å². The van der Waals surface area contributed by atoms with Crippen LogP contribution >= 0.6 is 11.6 Å². The first-order chi connectivity index (χ1) is 8.63. The zero-order valence-electron chi connectivity index (χ0n) is 10.5. The molecule has 0 aliphatic heterocycles. The molecule has 0 fully saturated rings. The van der Waals surface area contributed by atoms with Crippen molar-refractivity contribution in [1.29, 1.82) is 0 Å². The van der Waals surface area contributed by atoms with Crippen molar-refractivity contribution < 1.29 is 4.74 Å². The first-order valence-electron chi connectivity index (χ1n) is 5.78. The third-order valence-electron chi connectivity index (χ3n) is 3.03. The molecule has 2 aromatic rings. The Morgan fingerprint density at radius 2 is 1.89 bits per heavy atom. The monoisotopic (exact) mass is 261 g/mol. The van der Waals surface area contributed by atoms with Crippen LogP contribution in [0.5, 0.6) is 5.75 Å². The molecule has 0 spiro atoms. The van der Waals surface area contributed by atoms with E-state index < -0.39 is 0 Å². The zero-order chi connectivity index (χ0) is 13.1. The van der Waals surface area contributed by atoms with E-state index in [-0.39, 0.29) is 6.04 Å². The second-order valence-corrected chi connectivity index (χ2v) is 4.64. The quantitative estimate of drug-likeness (QED) is 0.914. The Morgan fingerprint density at radius 3 is 2.56 bits per heavy atom. The Morgan fingerprint density at radius 1 is 1.17 bits per heavy atom. The number of methoxy groups -OCH3 is 1. The molecule has 0 radical (unpaired) electrons. The lowest BCUT2D eigenvalue weighted by Crippen LogP contribution is -2.12. The van der Waals surface area contributed by atoms with E-state index in [1.165, 1.54) is 0 Å². The van der Waals surface area contributed by atoms with Gasteiger partial charge in [-0.1, -0.05) is 41.9 Å². The van der Waals surface area contributed by atoms with Crippen molar-refractivity contribution in [3.05, 3.63) is 64.2 Å². The van der Waals surface area contributed by atoms with Gasteiger partial charge in [0.2, 0.25) is 0 Å². The number of rotatable bonds is 3. The second-order valence-electron chi connectivity index (χ2n) is 4.23. The third-order valence-corrected chi connectivity index (χ3v) is 3.38. The highest BCUT2D eigenvalue weighted by molar-refractivity contribution is 6.31. The average molecular weight is 262 g/mol. The number of aryl methyl sites for hydroxylation is 1. The Kier molecular flexibility index (Phi) is 3.90. The fourth-order valence-corrected chi connectivity index (χ4v) is 2.19. The zero-order valence-corrected chi connectivity index (χ0v) is 11.2. The predicted molar refractivity (Wildman–Crippen MR) is 75.2 cm³/mol. The average Bonchev–Trinajstić information content (AvgIpc) is 2.39. The molecule has 2 N–H and O–H groups in total. The minimum Gasteiger partial charge on any atom is -0.496 e. The number of nitrogens with two attached hydrogens (primary N) is 1. The van der Waals surface area contributed by atoms with E-state index in [0.717, 1.165) is 22.4 Å². The van der Waals surface area contributed by atoms with Gasteiger partial charge in [-0.25, -0.2) is 0 Å². The van der Waals surface area contributed by atoms with Crippen molar-refractivity contribution in [3.63, 3.8) is 0 Å². The topological polar surface area (TPSA) is 35.2 Å². The minimum absolute atomic E-state index is 0.242. The molecule has 0 saturated carbocycles. The van der Waals surface area contributed by atoms with Crippen LogP contribution in [0.3, 0.4) is 0 Å². The van der Waals surface area contributed by atoms with Crippen molar-refractivity contribution in [2.75, 3.05) is 7.11 Å². The van der Waals surface area contributed by atoms with Crippen molar-refractivity contribution in [1.82, 2.24) is 0 Å². The molecule has 0 amide bonds. The first-order valence-corrected chi connectivity index (χ1v) is 6.16. The van der Waals surface area contributed by atoms with Gasteiger partial charge in [0.15, 0.2) is 0 Å². The van der Waals surface area contributed by atoms with E-state index in [1.54, 1.807) is 7.11 Å². The summed E-state index contributed by atoms with van der Waals surface area (Å²) < 4.78 is 5.31. The molecular formula is C15H16ClNO. The molecule has 0 aliphatic rings. The highest BCUT2D eigenvalue weighted by Gasteiger charge is 2.13. The van der Waals surface area contributed by atoms with E-state index in [0.29, 0.717) is 5.02 Å². The van der Waals surface area contributed by atoms with E-state index in [1.807, 2.05) is 49.4 Å². The molecular weight excluding hydrogens is 246 g/mol. The smallest absolute Gasteiger partial charge is 0.122 e. The summed E-state index contributed by atoms with van der Waals surface area (Å²) in [6, 6.07) is 13.4. The van der Waals surface area contributed by atoms with Crippen molar-refractivity contribution in [2.24, 2.45) is 5.73 Å². The minimum atomic E-state index is -0.242. The van der Waals surface area contributed by atoms with Crippen LogP contribution in [-0.4, -0.2) is 7.11 Å². The molecule has 3 heteroatoms. The number of benzene rings is 2. The van der Waals surface area contributed by atoms with Crippen LogP contribution in [-0.2, 0) is 0 Å². The molecule has 2 aromatic carbocycles. The molecule has 18 heavy (non-hydrogen) atoms. The summed E-state index contributed by atoms with van der Waals surface area (Å²) in [5, 5.41) is 0.685. The lowest BCUT2D eigenvalue weighted by molar-refractivity contribution is 0.411. The van der Waals surface area contributed by atoms with Gasteiger partial charge in [-0.2, -0.15) is 0 Å². The molecule has 1 atom stereocenters. The van der Waals surface area contributed by atoms with Gasteiger partial charge < -0.3 is 10.5 Å². The fourth-order valence-electron chi connectivity index (χ4n) is 1.94. The van der Waals surface area contributed by atoms with Crippen LogP contribution in [0, 0.1) is 6.92 Å². The van der Waals surface area contributed by atoms with E-state index in [9.17, 15) is 0 Å². The first kappa shape index (κ1) is 12.9. The molecule has 0 bridgehead atoms. The number of halogens is 1. The molecule has 1 unspecified atom stereocenters. The molecule has 2 nitrogen and oxygen atoms in total. The highest BCUT2D eigenvalue weighted by Crippen LogP contribution is 2.29. The van der Waals surface area contributed by atoms with E-state index in [4.69, 9.17) is 22.1 Å². The Balaban J connectivity index is 2.40. The van der Waals surface area contributed by atoms with Gasteiger partial charge in [0.05, 0.1) is 13.2 Å². The maximum atomic E-state index is 6.25. The van der Waals surface area contributed by atoms with Gasteiger partial charge in [0.25, 0.3) is 0 Å². The molecule has 0 saturated heterocycles. The molecule has 0 heterocycles. The lowest BCUT2D eigenvalue weighted by atomic mass is 9.98. The van der Waals surface area contributed by atoms with Gasteiger partial charge in [-0.05, 0) is 35.7 Å². The predicted octanol–water partition coefficient (Wildman–Crippen LogP) is 3.71. The normalized spacial score (nSPS) is 12.2. The maximum Gasteiger partial charge on any atom is 0.122 e. The number of ether oxygens (including phenoxy) is 1. The van der Waals surface area contributed by atoms with Gasteiger partial charge >= 0.3 is 0 Å². The summed E-state index contributed by atoms with van der Waals surface area (Å²) in [5.74, 6) is 0.843. The van der Waals surface area contributed by atoms with Crippen LogP contribution in [0.25, 0.3) is 0 Å². The van der Waals surface area contributed by atoms with Crippen LogP contribution in [0.1, 0.15) is 22.7 Å². The second kappa shape index (κ2) is 5.42. The van der Waals surface area contributed by atoms with Gasteiger partial charge in [-0.3, -0.25) is 0 Å². The van der Waals surface area contributed by atoms with Gasteiger partial charge in [0.1, 0.15) is 5.75 Å². The molecule has 2 rings (SSSR count). The van der Waals surface area contributed by atoms with Crippen molar-refractivity contribution >= 4 is 11.6 Å². The van der Waals surface area contributed by atoms with Crippen LogP contribution in [0.4, 0.5) is 0 Å². The summed E-state index contributed by atoms with van der Waals surface area (Å²) in [6.45, 7) is 2.00. The standard InChI is InChI=1S/C15H16ClNO/c1-10-7-8-11(9-14(10)18-2)15(17)12-5-3-4-6-13(12)16/h3-9,15H,17H2,1-2H3. The summed E-state index contributed by atoms with van der Waals surface area (Å²) in [5.41, 5.74) is 9.25. The van der Waals surface area contributed by atoms with Gasteiger partial charge in [0, 0.05) is 5.02 Å². The van der Waals surface area contributed by atoms with Gasteiger partial charge in [-0.15, -0.1) is 0 Å². The van der Waals surface area contributed by atoms with Crippen LogP contribution < -0.4 is 10.5 Å². The summed E-state index contributed by atoms with van der Waals surface area (Å²) in [6.07, 6.45) is 0. The Bertz CT molecular complexity index is 554.